The summed E-state index contributed by atoms with van der Waals surface area (Å²) in [5.41, 5.74) is 1.54. The van der Waals surface area contributed by atoms with Crippen LogP contribution in [0.4, 0.5) is 18.9 Å². The minimum absolute atomic E-state index is 0.0871. The molecule has 1 N–H and O–H groups in total. The summed E-state index contributed by atoms with van der Waals surface area (Å²) in [6.07, 6.45) is -3.97. The van der Waals surface area contributed by atoms with E-state index in [-0.39, 0.29) is 23.8 Å². The maximum absolute atomic E-state index is 13.9. The van der Waals surface area contributed by atoms with Gasteiger partial charge in [0.2, 0.25) is 5.91 Å². The summed E-state index contributed by atoms with van der Waals surface area (Å²) in [6, 6.07) is 19.7. The van der Waals surface area contributed by atoms with Gasteiger partial charge < -0.3 is 14.8 Å². The van der Waals surface area contributed by atoms with Crippen molar-refractivity contribution in [1.82, 2.24) is 0 Å². The lowest BCUT2D eigenvalue weighted by Crippen LogP contribution is -2.40. The Bertz CT molecular complexity index is 1550. The van der Waals surface area contributed by atoms with Gasteiger partial charge in [0.05, 0.1) is 31.4 Å². The Morgan fingerprint density at radius 3 is 2.32 bits per heavy atom. The number of nitrogens with zero attached hydrogens (tertiary/aromatic N) is 1. The van der Waals surface area contributed by atoms with Gasteiger partial charge in [-0.1, -0.05) is 54.6 Å². The van der Waals surface area contributed by atoms with Crippen molar-refractivity contribution in [3.63, 3.8) is 0 Å². The third-order valence-electron chi connectivity index (χ3n) is 7.70. The highest BCUT2D eigenvalue weighted by molar-refractivity contribution is 6.13. The third kappa shape index (κ3) is 5.36. The summed E-state index contributed by atoms with van der Waals surface area (Å²) >= 11 is 0. The molecule has 0 bridgehead atoms. The van der Waals surface area contributed by atoms with Gasteiger partial charge in [-0.2, -0.15) is 13.2 Å². The van der Waals surface area contributed by atoms with E-state index in [0.29, 0.717) is 40.5 Å². The number of hydrogen-bond donors (Lipinski definition) is 1. The first kappa shape index (κ1) is 28.1. The average Bonchev–Trinajstić information content (AvgIpc) is 2.95. The molecular formula is C32H29F3N2O4. The van der Waals surface area contributed by atoms with Crippen molar-refractivity contribution in [3.8, 4) is 11.5 Å². The number of Topliss-reactive ketones (excluding diaryl/α,β-unsaturated/α-hetero) is 1. The van der Waals surface area contributed by atoms with E-state index in [1.165, 1.54) is 32.4 Å². The van der Waals surface area contributed by atoms with E-state index in [9.17, 15) is 22.8 Å². The van der Waals surface area contributed by atoms with Crippen LogP contribution in [-0.4, -0.2) is 31.6 Å². The number of ketones is 1. The van der Waals surface area contributed by atoms with Crippen molar-refractivity contribution in [2.24, 2.45) is 10.9 Å². The highest BCUT2D eigenvalue weighted by Crippen LogP contribution is 2.50. The van der Waals surface area contributed by atoms with Crippen LogP contribution in [0, 0.1) is 5.92 Å². The highest BCUT2D eigenvalue weighted by Gasteiger charge is 2.46. The third-order valence-corrected chi connectivity index (χ3v) is 7.70. The number of para-hydroxylation sites is 2. The van der Waals surface area contributed by atoms with Crippen LogP contribution in [0.5, 0.6) is 11.5 Å². The number of aliphatic imine (C=N–C) groups is 1. The number of anilines is 1. The molecule has 1 heterocycles. The van der Waals surface area contributed by atoms with E-state index < -0.39 is 29.5 Å². The van der Waals surface area contributed by atoms with Crippen LogP contribution in [-0.2, 0) is 15.8 Å². The van der Waals surface area contributed by atoms with E-state index in [0.717, 1.165) is 11.6 Å². The Labute approximate surface area is 235 Å². The average molecular weight is 563 g/mol. The normalized spacial score (nSPS) is 20.7. The second-order valence-electron chi connectivity index (χ2n) is 10.1. The van der Waals surface area contributed by atoms with Crippen LogP contribution in [0.2, 0.25) is 0 Å². The number of benzene rings is 3. The van der Waals surface area contributed by atoms with E-state index in [2.05, 4.69) is 5.32 Å². The maximum Gasteiger partial charge on any atom is 0.418 e. The number of methoxy groups -OCH3 is 2. The molecule has 0 radical (unpaired) electrons. The van der Waals surface area contributed by atoms with Gasteiger partial charge in [0.25, 0.3) is 0 Å². The monoisotopic (exact) mass is 562 g/mol. The number of halogens is 3. The number of alkyl halides is 3. The van der Waals surface area contributed by atoms with Gasteiger partial charge in [-0.3, -0.25) is 14.6 Å². The summed E-state index contributed by atoms with van der Waals surface area (Å²) in [5.74, 6) is -2.15. The molecule has 1 unspecified atom stereocenters. The number of ether oxygens (including phenoxy) is 2. The molecule has 3 aromatic carbocycles. The molecule has 212 valence electrons. The first-order valence-corrected chi connectivity index (χ1v) is 13.2. The number of allylic oxidation sites excluding steroid dienone is 2. The minimum Gasteiger partial charge on any atom is -0.493 e. The quantitative estimate of drug-likeness (QED) is 0.353. The topological polar surface area (TPSA) is 77.0 Å². The van der Waals surface area contributed by atoms with Crippen LogP contribution < -0.4 is 14.8 Å². The summed E-state index contributed by atoms with van der Waals surface area (Å²) in [6.45, 7) is 1.67. The summed E-state index contributed by atoms with van der Waals surface area (Å²) < 4.78 is 52.4. The predicted octanol–water partition coefficient (Wildman–Crippen LogP) is 6.94. The van der Waals surface area contributed by atoms with Gasteiger partial charge >= 0.3 is 6.18 Å². The molecule has 1 amide bonds. The number of carbonyl (C=O) groups is 2. The van der Waals surface area contributed by atoms with Crippen LogP contribution >= 0.6 is 0 Å². The van der Waals surface area contributed by atoms with Crippen LogP contribution in [0.15, 0.2) is 89.1 Å². The van der Waals surface area contributed by atoms with Gasteiger partial charge in [0.15, 0.2) is 17.3 Å². The Morgan fingerprint density at radius 1 is 0.927 bits per heavy atom. The van der Waals surface area contributed by atoms with Crippen molar-refractivity contribution in [3.05, 3.63) is 101 Å². The summed E-state index contributed by atoms with van der Waals surface area (Å²) in [4.78, 5) is 32.5. The van der Waals surface area contributed by atoms with E-state index in [1.54, 1.807) is 25.1 Å². The molecule has 0 spiro atoms. The summed E-state index contributed by atoms with van der Waals surface area (Å²) in [7, 11) is 2.94. The number of rotatable bonds is 6. The first-order chi connectivity index (χ1) is 19.6. The molecule has 0 saturated heterocycles. The molecule has 41 heavy (non-hydrogen) atoms. The first-order valence-electron chi connectivity index (χ1n) is 13.2. The lowest BCUT2D eigenvalue weighted by atomic mass is 9.68. The Kier molecular flexibility index (Phi) is 7.71. The van der Waals surface area contributed by atoms with Gasteiger partial charge in [0.1, 0.15) is 0 Å². The predicted molar refractivity (Wildman–Crippen MR) is 149 cm³/mol. The number of nitrogens with one attached hydrogen (secondary N) is 1. The molecule has 9 heteroatoms. The summed E-state index contributed by atoms with van der Waals surface area (Å²) in [5, 5.41) is 2.48. The fourth-order valence-corrected chi connectivity index (χ4v) is 5.90. The van der Waals surface area contributed by atoms with Crippen LogP contribution in [0.25, 0.3) is 0 Å². The fraction of sp³-hybridized carbons (Fsp3) is 0.281. The van der Waals surface area contributed by atoms with E-state index >= 15 is 0 Å². The molecule has 0 fully saturated rings. The second-order valence-corrected chi connectivity index (χ2v) is 10.1. The Morgan fingerprint density at radius 2 is 1.63 bits per heavy atom. The lowest BCUT2D eigenvalue weighted by Gasteiger charge is -2.37. The smallest absolute Gasteiger partial charge is 0.418 e. The zero-order chi connectivity index (χ0) is 29.3. The molecule has 0 aromatic heterocycles. The van der Waals surface area contributed by atoms with Crippen LogP contribution in [0.1, 0.15) is 48.3 Å². The molecule has 1 aliphatic heterocycles. The van der Waals surface area contributed by atoms with E-state index in [4.69, 9.17) is 14.5 Å². The van der Waals surface area contributed by atoms with Gasteiger partial charge in [-0.25, -0.2) is 0 Å². The van der Waals surface area contributed by atoms with Crippen molar-refractivity contribution >= 4 is 23.1 Å². The maximum atomic E-state index is 13.9. The Balaban J connectivity index is 1.63. The molecule has 2 aliphatic rings. The molecule has 0 saturated carbocycles. The lowest BCUT2D eigenvalue weighted by molar-refractivity contribution is -0.137. The molecule has 5 rings (SSSR count). The van der Waals surface area contributed by atoms with E-state index in [1.807, 2.05) is 30.3 Å². The molecule has 1 aliphatic carbocycles. The number of hydrogen-bond acceptors (Lipinski definition) is 5. The van der Waals surface area contributed by atoms with Gasteiger partial charge in [0, 0.05) is 34.9 Å². The van der Waals surface area contributed by atoms with Crippen molar-refractivity contribution in [2.45, 2.75) is 37.8 Å². The van der Waals surface area contributed by atoms with Crippen molar-refractivity contribution in [2.75, 3.05) is 19.5 Å². The van der Waals surface area contributed by atoms with Crippen molar-refractivity contribution < 1.29 is 32.2 Å². The fourth-order valence-electron chi connectivity index (χ4n) is 5.90. The largest absolute Gasteiger partial charge is 0.493 e. The Hall–Kier alpha value is -4.40. The number of amides is 1. The SMILES string of the molecule is COc1cccc([C@@H]2C3=C(C[C@H](c4ccccc4)CC3=O)N=C(C)C2C(=O)Nc2ccccc2C(F)(F)F)c1OC. The standard InChI is InChI=1S/C32H29F3N2O4/c1-18-27(31(39)37-23-14-8-7-13-22(23)32(33,34)35)28(21-12-9-15-26(40-2)30(21)41-3)29-24(36-18)16-20(17-25(29)38)19-10-5-4-6-11-19/h4-15,20,27-28H,16-17H2,1-3H3,(H,37,39)/t20-,27?,28-/m0/s1. The second kappa shape index (κ2) is 11.2. The zero-order valence-electron chi connectivity index (χ0n) is 22.8. The highest BCUT2D eigenvalue weighted by atomic mass is 19.4. The molecule has 3 atom stereocenters. The van der Waals surface area contributed by atoms with Gasteiger partial charge in [-0.05, 0) is 43.0 Å². The minimum atomic E-state index is -4.67. The number of carbonyl (C=O) groups excluding carboxylic acids is 2. The van der Waals surface area contributed by atoms with Crippen molar-refractivity contribution in [1.29, 1.82) is 0 Å². The molecule has 6 nitrogen and oxygen atoms in total. The van der Waals surface area contributed by atoms with Gasteiger partial charge in [-0.15, -0.1) is 0 Å². The molecular weight excluding hydrogens is 533 g/mol. The zero-order valence-corrected chi connectivity index (χ0v) is 22.8. The van der Waals surface area contributed by atoms with Crippen LogP contribution in [0.3, 0.4) is 0 Å². The molecule has 3 aromatic rings.